The topological polar surface area (TPSA) is 69.9 Å². The molecule has 35 heavy (non-hydrogen) atoms. The summed E-state index contributed by atoms with van der Waals surface area (Å²) in [5.74, 6) is 0.200. The standard InChI is InChI=1S/C27H27ClN2O4S/c1-15(2)33-21-9-7-6-8-19(21)14-22-25(31)30-24(18-10-12-20(28)13-11-18)23(26(32)34-16(3)4)17(5)29-27(30)35-22/h6-16,24H,1-5H3/b22-14-/t24-/m0/s1. The molecule has 8 heteroatoms. The zero-order valence-electron chi connectivity index (χ0n) is 20.2. The second-order valence-electron chi connectivity index (χ2n) is 8.79. The molecule has 0 spiro atoms. The Kier molecular flexibility index (Phi) is 7.28. The van der Waals surface area contributed by atoms with Gasteiger partial charge in [-0.25, -0.2) is 9.79 Å². The lowest BCUT2D eigenvalue weighted by Crippen LogP contribution is -2.40. The summed E-state index contributed by atoms with van der Waals surface area (Å²) in [4.78, 5) is 32.0. The number of carbonyl (C=O) groups excluding carboxylic acids is 1. The lowest BCUT2D eigenvalue weighted by molar-refractivity contribution is -0.143. The molecule has 0 bridgehead atoms. The smallest absolute Gasteiger partial charge is 0.338 e. The molecule has 2 aromatic carbocycles. The summed E-state index contributed by atoms with van der Waals surface area (Å²) in [5, 5.41) is 0.565. The molecule has 1 aliphatic rings. The molecular weight excluding hydrogens is 484 g/mol. The van der Waals surface area contributed by atoms with Crippen molar-refractivity contribution in [1.82, 2.24) is 4.57 Å². The van der Waals surface area contributed by atoms with E-state index in [1.165, 1.54) is 11.3 Å². The Hall–Kier alpha value is -3.16. The third-order valence-corrected chi connectivity index (χ3v) is 6.57. The first-order valence-corrected chi connectivity index (χ1v) is 12.6. The molecule has 2 heterocycles. The number of hydrogen-bond donors (Lipinski definition) is 0. The molecule has 0 N–H and O–H groups in total. The first-order valence-electron chi connectivity index (χ1n) is 11.4. The van der Waals surface area contributed by atoms with Gasteiger partial charge < -0.3 is 9.47 Å². The molecule has 1 aromatic heterocycles. The minimum Gasteiger partial charge on any atom is -0.490 e. The predicted molar refractivity (Wildman–Crippen MR) is 139 cm³/mol. The Morgan fingerprint density at radius 1 is 1.09 bits per heavy atom. The summed E-state index contributed by atoms with van der Waals surface area (Å²) in [6.07, 6.45) is 1.50. The predicted octanol–water partition coefficient (Wildman–Crippen LogP) is 4.63. The molecule has 0 radical (unpaired) electrons. The Morgan fingerprint density at radius 3 is 2.43 bits per heavy atom. The van der Waals surface area contributed by atoms with Crippen LogP contribution in [-0.4, -0.2) is 22.7 Å². The number of nitrogens with zero attached hydrogens (tertiary/aromatic N) is 2. The summed E-state index contributed by atoms with van der Waals surface area (Å²) in [5.41, 5.74) is 2.16. The summed E-state index contributed by atoms with van der Waals surface area (Å²) in [6, 6.07) is 14.0. The summed E-state index contributed by atoms with van der Waals surface area (Å²) in [7, 11) is 0. The van der Waals surface area contributed by atoms with Gasteiger partial charge in [0.25, 0.3) is 5.56 Å². The molecule has 0 amide bonds. The lowest BCUT2D eigenvalue weighted by Gasteiger charge is -2.25. The van der Waals surface area contributed by atoms with Crippen molar-refractivity contribution in [2.45, 2.75) is 52.9 Å². The number of hydrogen-bond acceptors (Lipinski definition) is 6. The minimum absolute atomic E-state index is 0.00662. The number of aromatic nitrogens is 1. The molecule has 3 aromatic rings. The molecule has 0 saturated heterocycles. The van der Waals surface area contributed by atoms with E-state index in [-0.39, 0.29) is 17.8 Å². The number of benzene rings is 2. The number of thiazole rings is 1. The van der Waals surface area contributed by atoms with Crippen LogP contribution in [0.2, 0.25) is 5.02 Å². The number of halogens is 1. The Morgan fingerprint density at radius 2 is 1.77 bits per heavy atom. The highest BCUT2D eigenvalue weighted by Gasteiger charge is 2.33. The maximum atomic E-state index is 13.7. The lowest BCUT2D eigenvalue weighted by atomic mass is 9.96. The second kappa shape index (κ2) is 10.2. The zero-order valence-corrected chi connectivity index (χ0v) is 21.8. The van der Waals surface area contributed by atoms with Crippen LogP contribution in [0.3, 0.4) is 0 Å². The van der Waals surface area contributed by atoms with Crippen LogP contribution in [0.5, 0.6) is 5.75 Å². The van der Waals surface area contributed by atoms with E-state index in [1.807, 2.05) is 56.3 Å². The molecular formula is C27H27ClN2O4S. The molecule has 1 atom stereocenters. The van der Waals surface area contributed by atoms with Gasteiger partial charge in [0.15, 0.2) is 4.80 Å². The average molecular weight is 511 g/mol. The number of allylic oxidation sites excluding steroid dienone is 1. The Bertz CT molecular complexity index is 1470. The van der Waals surface area contributed by atoms with Gasteiger partial charge in [-0.15, -0.1) is 0 Å². The van der Waals surface area contributed by atoms with Crippen LogP contribution in [0.4, 0.5) is 0 Å². The summed E-state index contributed by atoms with van der Waals surface area (Å²) >= 11 is 7.40. The van der Waals surface area contributed by atoms with Crippen LogP contribution in [0.1, 0.15) is 51.8 Å². The maximum absolute atomic E-state index is 13.7. The van der Waals surface area contributed by atoms with Gasteiger partial charge >= 0.3 is 5.97 Å². The van der Waals surface area contributed by atoms with Gasteiger partial charge in [0.05, 0.1) is 34.1 Å². The minimum atomic E-state index is -0.681. The fourth-order valence-electron chi connectivity index (χ4n) is 3.92. The van der Waals surface area contributed by atoms with Crippen molar-refractivity contribution in [3.8, 4) is 5.75 Å². The third-order valence-electron chi connectivity index (χ3n) is 5.34. The van der Waals surface area contributed by atoms with Crippen LogP contribution in [0.15, 0.2) is 69.6 Å². The van der Waals surface area contributed by atoms with Gasteiger partial charge in [-0.05, 0) is 64.5 Å². The van der Waals surface area contributed by atoms with E-state index < -0.39 is 12.0 Å². The average Bonchev–Trinajstić information content (AvgIpc) is 3.08. The second-order valence-corrected chi connectivity index (χ2v) is 10.2. The van der Waals surface area contributed by atoms with Gasteiger partial charge in [0, 0.05) is 10.6 Å². The molecule has 1 aliphatic heterocycles. The Labute approximate surface area is 212 Å². The van der Waals surface area contributed by atoms with Gasteiger partial charge in [0.1, 0.15) is 5.75 Å². The van der Waals surface area contributed by atoms with Gasteiger partial charge in [-0.2, -0.15) is 0 Å². The SMILES string of the molecule is CC1=C(C(=O)OC(C)C)[C@H](c2ccc(Cl)cc2)n2c(s/c(=C\c3ccccc3OC(C)C)c2=O)=N1. The highest BCUT2D eigenvalue weighted by Crippen LogP contribution is 2.31. The van der Waals surface area contributed by atoms with Crippen molar-refractivity contribution in [2.24, 2.45) is 4.99 Å². The maximum Gasteiger partial charge on any atom is 0.338 e. The van der Waals surface area contributed by atoms with Gasteiger partial charge in [-0.3, -0.25) is 9.36 Å². The number of rotatable bonds is 6. The summed E-state index contributed by atoms with van der Waals surface area (Å²) < 4.78 is 13.5. The third kappa shape index (κ3) is 5.26. The van der Waals surface area contributed by atoms with Crippen LogP contribution in [-0.2, 0) is 9.53 Å². The highest BCUT2D eigenvalue weighted by molar-refractivity contribution is 7.07. The van der Waals surface area contributed by atoms with E-state index in [0.717, 1.165) is 11.1 Å². The van der Waals surface area contributed by atoms with Crippen LogP contribution >= 0.6 is 22.9 Å². The van der Waals surface area contributed by atoms with E-state index in [4.69, 9.17) is 21.1 Å². The fraction of sp³-hybridized carbons (Fsp3) is 0.296. The monoisotopic (exact) mass is 510 g/mol. The molecule has 0 unspecified atom stereocenters. The van der Waals surface area contributed by atoms with Crippen LogP contribution < -0.4 is 19.6 Å². The normalized spacial score (nSPS) is 15.9. The van der Waals surface area contributed by atoms with Crippen molar-refractivity contribution in [3.63, 3.8) is 0 Å². The number of para-hydroxylation sites is 1. The van der Waals surface area contributed by atoms with Crippen molar-refractivity contribution in [3.05, 3.63) is 95.6 Å². The van der Waals surface area contributed by atoms with Crippen LogP contribution in [0, 0.1) is 0 Å². The first-order chi connectivity index (χ1) is 16.7. The van der Waals surface area contributed by atoms with Crippen LogP contribution in [0.25, 0.3) is 6.08 Å². The van der Waals surface area contributed by atoms with Crippen molar-refractivity contribution >= 4 is 35.0 Å². The number of ether oxygens (including phenoxy) is 2. The number of fused-ring (bicyclic) bond motifs is 1. The quantitative estimate of drug-likeness (QED) is 0.453. The molecule has 0 fully saturated rings. The van der Waals surface area contributed by atoms with Gasteiger partial charge in [-0.1, -0.05) is 53.3 Å². The van der Waals surface area contributed by atoms with Crippen molar-refractivity contribution in [2.75, 3.05) is 0 Å². The van der Waals surface area contributed by atoms with Gasteiger partial charge in [0.2, 0.25) is 0 Å². The fourth-order valence-corrected chi connectivity index (χ4v) is 5.09. The molecule has 182 valence electrons. The van der Waals surface area contributed by atoms with E-state index in [2.05, 4.69) is 4.99 Å². The van der Waals surface area contributed by atoms with Crippen molar-refractivity contribution < 1.29 is 14.3 Å². The van der Waals surface area contributed by atoms with E-state index >= 15 is 0 Å². The largest absolute Gasteiger partial charge is 0.490 e. The number of carbonyl (C=O) groups is 1. The molecule has 6 nitrogen and oxygen atoms in total. The zero-order chi connectivity index (χ0) is 25.3. The molecule has 0 saturated carbocycles. The van der Waals surface area contributed by atoms with Crippen molar-refractivity contribution in [1.29, 1.82) is 0 Å². The van der Waals surface area contributed by atoms with E-state index in [9.17, 15) is 9.59 Å². The first kappa shape index (κ1) is 24.9. The highest BCUT2D eigenvalue weighted by atomic mass is 35.5. The molecule has 4 rings (SSSR count). The molecule has 0 aliphatic carbocycles. The number of esters is 1. The van der Waals surface area contributed by atoms with E-state index in [0.29, 0.717) is 31.4 Å². The van der Waals surface area contributed by atoms with E-state index in [1.54, 1.807) is 37.5 Å². The summed E-state index contributed by atoms with van der Waals surface area (Å²) in [6.45, 7) is 9.26. The Balaban J connectivity index is 1.93.